The molecule has 0 aromatic heterocycles. The summed E-state index contributed by atoms with van der Waals surface area (Å²) in [5, 5.41) is 1.95. The Morgan fingerprint density at radius 3 is 2.50 bits per heavy atom. The van der Waals surface area contributed by atoms with Crippen molar-refractivity contribution in [3.63, 3.8) is 0 Å². The van der Waals surface area contributed by atoms with Gasteiger partial charge in [0.05, 0.1) is 0 Å². The van der Waals surface area contributed by atoms with E-state index in [9.17, 15) is 0 Å². The highest BCUT2D eigenvalue weighted by Crippen LogP contribution is 2.34. The van der Waals surface area contributed by atoms with Gasteiger partial charge in [0, 0.05) is 22.0 Å². The van der Waals surface area contributed by atoms with Crippen LogP contribution in [0.1, 0.15) is 26.7 Å². The van der Waals surface area contributed by atoms with Gasteiger partial charge in [-0.1, -0.05) is 13.8 Å². The van der Waals surface area contributed by atoms with E-state index in [1.165, 1.54) is 24.3 Å². The lowest BCUT2D eigenvalue weighted by Crippen LogP contribution is -2.01. The molecule has 0 aromatic carbocycles. The molecule has 0 nitrogen and oxygen atoms in total. The van der Waals surface area contributed by atoms with Crippen molar-refractivity contribution in [1.29, 1.82) is 0 Å². The molecular formula is C8H16S2. The summed E-state index contributed by atoms with van der Waals surface area (Å²) >= 11 is 4.28. The van der Waals surface area contributed by atoms with Crippen LogP contribution in [-0.2, 0) is 0 Å². The fourth-order valence-electron chi connectivity index (χ4n) is 0.932. The van der Waals surface area contributed by atoms with Gasteiger partial charge in [0.25, 0.3) is 0 Å². The molecule has 0 aliphatic carbocycles. The summed E-state index contributed by atoms with van der Waals surface area (Å²) in [6.07, 6.45) is 2.69. The zero-order chi connectivity index (χ0) is 7.40. The molecule has 0 spiro atoms. The van der Waals surface area contributed by atoms with Gasteiger partial charge in [-0.15, -0.1) is 0 Å². The summed E-state index contributed by atoms with van der Waals surface area (Å²) < 4.78 is 0. The number of hydrogen-bond acceptors (Lipinski definition) is 2. The number of hydrogen-bond donors (Lipinski definition) is 0. The van der Waals surface area contributed by atoms with Crippen molar-refractivity contribution in [3.8, 4) is 0 Å². The lowest BCUT2D eigenvalue weighted by molar-refractivity contribution is 0.792. The van der Waals surface area contributed by atoms with Crippen LogP contribution in [0.25, 0.3) is 0 Å². The molecule has 1 heterocycles. The van der Waals surface area contributed by atoms with Gasteiger partial charge in [0.1, 0.15) is 0 Å². The molecule has 2 heteroatoms. The SMILES string of the molecule is CCC(CC)SCC1CS1. The van der Waals surface area contributed by atoms with Gasteiger partial charge < -0.3 is 0 Å². The van der Waals surface area contributed by atoms with Crippen molar-refractivity contribution in [2.24, 2.45) is 0 Å². The van der Waals surface area contributed by atoms with Gasteiger partial charge in [-0.25, -0.2) is 0 Å². The van der Waals surface area contributed by atoms with Gasteiger partial charge in [-0.3, -0.25) is 0 Å². The maximum atomic E-state index is 2.29. The van der Waals surface area contributed by atoms with Crippen molar-refractivity contribution >= 4 is 23.5 Å². The summed E-state index contributed by atoms with van der Waals surface area (Å²) in [6.45, 7) is 4.59. The van der Waals surface area contributed by atoms with Crippen LogP contribution in [0.5, 0.6) is 0 Å². The number of rotatable bonds is 5. The molecule has 10 heavy (non-hydrogen) atoms. The minimum absolute atomic E-state index is 0.932. The molecule has 1 unspecified atom stereocenters. The van der Waals surface area contributed by atoms with Crippen LogP contribution >= 0.6 is 23.5 Å². The Hall–Kier alpha value is 0.700. The monoisotopic (exact) mass is 176 g/mol. The second-order valence-corrected chi connectivity index (χ2v) is 5.39. The average molecular weight is 176 g/mol. The Labute approximate surface area is 72.5 Å². The fourth-order valence-corrected chi connectivity index (χ4v) is 3.03. The lowest BCUT2D eigenvalue weighted by Gasteiger charge is -2.09. The minimum atomic E-state index is 0.932. The topological polar surface area (TPSA) is 0 Å². The zero-order valence-electron chi connectivity index (χ0n) is 6.80. The minimum Gasteiger partial charge on any atom is -0.157 e. The predicted molar refractivity (Wildman–Crippen MR) is 53.1 cm³/mol. The average Bonchev–Trinajstić information content (AvgIpc) is 2.74. The molecule has 0 aromatic rings. The highest BCUT2D eigenvalue weighted by molar-refractivity contribution is 8.08. The molecule has 1 aliphatic heterocycles. The van der Waals surface area contributed by atoms with Crippen LogP contribution in [0.2, 0.25) is 0 Å². The largest absolute Gasteiger partial charge is 0.157 e. The summed E-state index contributed by atoms with van der Waals surface area (Å²) in [6, 6.07) is 0. The second-order valence-electron chi connectivity index (χ2n) is 2.73. The Bertz CT molecular complexity index is 85.3. The molecule has 0 saturated carbocycles. The van der Waals surface area contributed by atoms with E-state index in [1.54, 1.807) is 0 Å². The maximum Gasteiger partial charge on any atom is 0.0229 e. The van der Waals surface area contributed by atoms with Crippen molar-refractivity contribution in [2.45, 2.75) is 37.2 Å². The van der Waals surface area contributed by atoms with Gasteiger partial charge in [-0.05, 0) is 12.8 Å². The Morgan fingerprint density at radius 2 is 2.10 bits per heavy atom. The fraction of sp³-hybridized carbons (Fsp3) is 1.00. The third-order valence-corrected chi connectivity index (χ3v) is 4.75. The number of thioether (sulfide) groups is 2. The van der Waals surface area contributed by atoms with Crippen molar-refractivity contribution in [1.82, 2.24) is 0 Å². The highest BCUT2D eigenvalue weighted by Gasteiger charge is 2.22. The van der Waals surface area contributed by atoms with E-state index >= 15 is 0 Å². The quantitative estimate of drug-likeness (QED) is 0.591. The van der Waals surface area contributed by atoms with Gasteiger partial charge >= 0.3 is 0 Å². The molecule has 1 fully saturated rings. The standard InChI is InChI=1S/C8H16S2/c1-3-7(4-2)9-5-8-6-10-8/h7-8H,3-6H2,1-2H3. The predicted octanol–water partition coefficient (Wildman–Crippen LogP) is 3.02. The summed E-state index contributed by atoms with van der Waals surface area (Å²) in [5.41, 5.74) is 0. The van der Waals surface area contributed by atoms with Crippen LogP contribution in [0.4, 0.5) is 0 Å². The molecule has 0 amide bonds. The van der Waals surface area contributed by atoms with E-state index in [0.29, 0.717) is 0 Å². The van der Waals surface area contributed by atoms with Gasteiger partial charge in [0.2, 0.25) is 0 Å². The summed E-state index contributed by atoms with van der Waals surface area (Å²) in [7, 11) is 0. The molecule has 0 radical (unpaired) electrons. The molecule has 1 aliphatic rings. The molecule has 1 rings (SSSR count). The summed E-state index contributed by atoms with van der Waals surface area (Å²) in [4.78, 5) is 0. The molecule has 60 valence electrons. The van der Waals surface area contributed by atoms with Crippen LogP contribution < -0.4 is 0 Å². The van der Waals surface area contributed by atoms with E-state index in [2.05, 4.69) is 37.4 Å². The first-order valence-electron chi connectivity index (χ1n) is 4.10. The van der Waals surface area contributed by atoms with Gasteiger partial charge in [-0.2, -0.15) is 23.5 Å². The second kappa shape index (κ2) is 4.55. The van der Waals surface area contributed by atoms with E-state index in [-0.39, 0.29) is 0 Å². The van der Waals surface area contributed by atoms with E-state index in [0.717, 1.165) is 10.5 Å². The lowest BCUT2D eigenvalue weighted by atomic mass is 10.3. The first-order valence-corrected chi connectivity index (χ1v) is 6.19. The van der Waals surface area contributed by atoms with Gasteiger partial charge in [0.15, 0.2) is 0 Å². The van der Waals surface area contributed by atoms with E-state index in [4.69, 9.17) is 0 Å². The van der Waals surface area contributed by atoms with Crippen molar-refractivity contribution < 1.29 is 0 Å². The molecule has 0 bridgehead atoms. The van der Waals surface area contributed by atoms with Crippen molar-refractivity contribution in [2.75, 3.05) is 11.5 Å². The smallest absolute Gasteiger partial charge is 0.0229 e. The first kappa shape index (κ1) is 8.79. The molecular weight excluding hydrogens is 160 g/mol. The normalized spacial score (nSPS) is 23.7. The van der Waals surface area contributed by atoms with E-state index in [1.807, 2.05) is 0 Å². The third-order valence-electron chi connectivity index (χ3n) is 1.83. The molecule has 0 N–H and O–H groups in total. The highest BCUT2D eigenvalue weighted by atomic mass is 32.2. The van der Waals surface area contributed by atoms with E-state index < -0.39 is 0 Å². The Kier molecular flexibility index (Phi) is 4.00. The zero-order valence-corrected chi connectivity index (χ0v) is 8.43. The third kappa shape index (κ3) is 3.20. The Balaban J connectivity index is 1.97. The Morgan fingerprint density at radius 1 is 1.50 bits per heavy atom. The van der Waals surface area contributed by atoms with Crippen LogP contribution in [0.3, 0.4) is 0 Å². The molecule has 1 atom stereocenters. The molecule has 1 saturated heterocycles. The summed E-state index contributed by atoms with van der Waals surface area (Å²) in [5.74, 6) is 2.82. The maximum absolute atomic E-state index is 2.29. The van der Waals surface area contributed by atoms with Crippen LogP contribution in [-0.4, -0.2) is 22.0 Å². The van der Waals surface area contributed by atoms with Crippen LogP contribution in [0, 0.1) is 0 Å². The van der Waals surface area contributed by atoms with Crippen LogP contribution in [0.15, 0.2) is 0 Å². The van der Waals surface area contributed by atoms with Crippen molar-refractivity contribution in [3.05, 3.63) is 0 Å². The first-order chi connectivity index (χ1) is 4.86.